The van der Waals surface area contributed by atoms with Crippen LogP contribution in [0.5, 0.6) is 0 Å². The summed E-state index contributed by atoms with van der Waals surface area (Å²) in [4.78, 5) is 11.3. The number of nitrogens with two attached hydrogens (primary N) is 1. The van der Waals surface area contributed by atoms with Crippen molar-refractivity contribution in [3.05, 3.63) is 46.0 Å². The molecule has 78 valence electrons. The maximum Gasteiger partial charge on any atom is 0.269 e. The number of aromatic amines is 2. The van der Waals surface area contributed by atoms with Crippen LogP contribution in [0.3, 0.4) is 0 Å². The topological polar surface area (TPSA) is 74.7 Å². The zero-order valence-corrected chi connectivity index (χ0v) is 7.88. The summed E-state index contributed by atoms with van der Waals surface area (Å²) in [6.07, 6.45) is 0. The first kappa shape index (κ1) is 9.67. The van der Waals surface area contributed by atoms with Gasteiger partial charge in [0.05, 0.1) is 11.3 Å². The Morgan fingerprint density at radius 3 is 2.67 bits per heavy atom. The van der Waals surface area contributed by atoms with E-state index in [-0.39, 0.29) is 17.9 Å². The summed E-state index contributed by atoms with van der Waals surface area (Å²) in [6.45, 7) is 0.0719. The molecule has 2 aromatic rings. The molecule has 0 amide bonds. The van der Waals surface area contributed by atoms with Gasteiger partial charge in [0.25, 0.3) is 5.56 Å². The molecule has 1 heterocycles. The van der Waals surface area contributed by atoms with Gasteiger partial charge in [0, 0.05) is 12.1 Å². The number of aromatic nitrogens is 2. The number of hydrogen-bond acceptors (Lipinski definition) is 2. The molecule has 0 bridgehead atoms. The van der Waals surface area contributed by atoms with E-state index in [0.29, 0.717) is 16.8 Å². The van der Waals surface area contributed by atoms with Gasteiger partial charge in [-0.3, -0.25) is 15.0 Å². The summed E-state index contributed by atoms with van der Waals surface area (Å²) in [5.41, 5.74) is 6.23. The Balaban J connectivity index is 2.64. The van der Waals surface area contributed by atoms with Crippen molar-refractivity contribution in [3.63, 3.8) is 0 Å². The van der Waals surface area contributed by atoms with Crippen LogP contribution in [0.2, 0.25) is 0 Å². The van der Waals surface area contributed by atoms with Gasteiger partial charge in [0.2, 0.25) is 0 Å². The Morgan fingerprint density at radius 1 is 1.27 bits per heavy atom. The quantitative estimate of drug-likeness (QED) is 0.686. The minimum Gasteiger partial charge on any atom is -0.326 e. The Labute approximate surface area is 84.9 Å². The molecule has 0 unspecified atom stereocenters. The maximum absolute atomic E-state index is 13.4. The van der Waals surface area contributed by atoms with Crippen LogP contribution in [-0.2, 0) is 6.54 Å². The molecule has 0 fully saturated rings. The van der Waals surface area contributed by atoms with E-state index >= 15 is 0 Å². The second-order valence-corrected chi connectivity index (χ2v) is 3.12. The number of H-pyrrole nitrogens is 2. The minimum absolute atomic E-state index is 0.0719. The molecule has 0 aliphatic heterocycles. The van der Waals surface area contributed by atoms with Crippen LogP contribution in [0.25, 0.3) is 11.3 Å². The molecule has 1 aromatic carbocycles. The van der Waals surface area contributed by atoms with E-state index in [9.17, 15) is 9.18 Å². The molecule has 0 saturated heterocycles. The van der Waals surface area contributed by atoms with Gasteiger partial charge < -0.3 is 5.73 Å². The van der Waals surface area contributed by atoms with Crippen LogP contribution in [0, 0.1) is 5.82 Å². The highest BCUT2D eigenvalue weighted by Gasteiger charge is 2.12. The van der Waals surface area contributed by atoms with Crippen LogP contribution < -0.4 is 11.3 Å². The predicted octanol–water partition coefficient (Wildman–Crippen LogP) is 0.968. The monoisotopic (exact) mass is 207 g/mol. The molecule has 0 atom stereocenters. The Hall–Kier alpha value is -1.88. The second kappa shape index (κ2) is 3.70. The molecule has 15 heavy (non-hydrogen) atoms. The van der Waals surface area contributed by atoms with Crippen molar-refractivity contribution in [2.45, 2.75) is 6.54 Å². The number of rotatable bonds is 2. The highest BCUT2D eigenvalue weighted by molar-refractivity contribution is 5.63. The highest BCUT2D eigenvalue weighted by Crippen LogP contribution is 2.21. The molecule has 0 radical (unpaired) electrons. The van der Waals surface area contributed by atoms with Gasteiger partial charge in [0.1, 0.15) is 5.82 Å². The van der Waals surface area contributed by atoms with Crippen molar-refractivity contribution in [2.24, 2.45) is 5.73 Å². The van der Waals surface area contributed by atoms with Gasteiger partial charge in [-0.05, 0) is 12.1 Å². The summed E-state index contributed by atoms with van der Waals surface area (Å²) in [5, 5.41) is 5.01. The number of hydrogen-bond donors (Lipinski definition) is 3. The fourth-order valence-corrected chi connectivity index (χ4v) is 1.47. The zero-order valence-electron chi connectivity index (χ0n) is 7.88. The number of nitrogens with one attached hydrogen (secondary N) is 2. The predicted molar refractivity (Wildman–Crippen MR) is 54.7 cm³/mol. The van der Waals surface area contributed by atoms with Gasteiger partial charge in [0.15, 0.2) is 0 Å². The molecule has 5 heteroatoms. The maximum atomic E-state index is 13.4. The second-order valence-electron chi connectivity index (χ2n) is 3.12. The third kappa shape index (κ3) is 1.57. The summed E-state index contributed by atoms with van der Waals surface area (Å²) >= 11 is 0. The molecule has 0 aliphatic rings. The van der Waals surface area contributed by atoms with E-state index in [2.05, 4.69) is 10.2 Å². The lowest BCUT2D eigenvalue weighted by Gasteiger charge is -2.01. The Morgan fingerprint density at radius 2 is 2.00 bits per heavy atom. The van der Waals surface area contributed by atoms with E-state index in [1.165, 1.54) is 6.07 Å². The standard InChI is InChI=1S/C10H10FN3O/c11-8-4-2-1-3-6(8)9-7(5-12)10(15)14-13-9/h1-4H,5,12H2,(H2,13,14,15). The largest absolute Gasteiger partial charge is 0.326 e. The van der Waals surface area contributed by atoms with E-state index in [1.54, 1.807) is 18.2 Å². The minimum atomic E-state index is -0.387. The third-order valence-electron chi connectivity index (χ3n) is 2.22. The highest BCUT2D eigenvalue weighted by atomic mass is 19.1. The van der Waals surface area contributed by atoms with Crippen molar-refractivity contribution in [3.8, 4) is 11.3 Å². The first-order valence-electron chi connectivity index (χ1n) is 4.48. The Bertz CT molecular complexity index is 529. The van der Waals surface area contributed by atoms with Crippen molar-refractivity contribution in [1.29, 1.82) is 0 Å². The first-order valence-corrected chi connectivity index (χ1v) is 4.48. The molecular weight excluding hydrogens is 197 g/mol. The van der Waals surface area contributed by atoms with E-state index in [0.717, 1.165) is 0 Å². The number of benzene rings is 1. The van der Waals surface area contributed by atoms with Gasteiger partial charge in [-0.25, -0.2) is 4.39 Å². The van der Waals surface area contributed by atoms with Crippen molar-refractivity contribution < 1.29 is 4.39 Å². The van der Waals surface area contributed by atoms with Gasteiger partial charge in [-0.15, -0.1) is 0 Å². The molecule has 2 rings (SSSR count). The summed E-state index contributed by atoms with van der Waals surface area (Å²) in [5.74, 6) is -0.387. The lowest BCUT2D eigenvalue weighted by atomic mass is 10.1. The van der Waals surface area contributed by atoms with Crippen molar-refractivity contribution in [1.82, 2.24) is 10.2 Å². The van der Waals surface area contributed by atoms with Crippen LogP contribution >= 0.6 is 0 Å². The molecular formula is C10H10FN3O. The van der Waals surface area contributed by atoms with Gasteiger partial charge in [-0.2, -0.15) is 0 Å². The molecule has 0 saturated carbocycles. The lowest BCUT2D eigenvalue weighted by Crippen LogP contribution is -2.10. The molecule has 4 N–H and O–H groups in total. The van der Waals surface area contributed by atoms with Crippen molar-refractivity contribution >= 4 is 0 Å². The average molecular weight is 207 g/mol. The third-order valence-corrected chi connectivity index (χ3v) is 2.22. The average Bonchev–Trinajstić information content (AvgIpc) is 2.60. The molecule has 4 nitrogen and oxygen atoms in total. The lowest BCUT2D eigenvalue weighted by molar-refractivity contribution is 0.630. The molecule has 0 spiro atoms. The van der Waals surface area contributed by atoms with Crippen LogP contribution in [0.4, 0.5) is 4.39 Å². The fraction of sp³-hybridized carbons (Fsp3) is 0.100. The smallest absolute Gasteiger partial charge is 0.269 e. The van der Waals surface area contributed by atoms with Crippen molar-refractivity contribution in [2.75, 3.05) is 0 Å². The van der Waals surface area contributed by atoms with Crippen LogP contribution in [0.1, 0.15) is 5.56 Å². The van der Waals surface area contributed by atoms with Gasteiger partial charge in [-0.1, -0.05) is 12.1 Å². The van der Waals surface area contributed by atoms with Gasteiger partial charge >= 0.3 is 0 Å². The zero-order chi connectivity index (χ0) is 10.8. The van der Waals surface area contributed by atoms with E-state index in [4.69, 9.17) is 5.73 Å². The van der Waals surface area contributed by atoms with E-state index in [1.807, 2.05) is 0 Å². The molecule has 1 aromatic heterocycles. The van der Waals surface area contributed by atoms with Crippen LogP contribution in [-0.4, -0.2) is 10.2 Å². The summed E-state index contributed by atoms with van der Waals surface area (Å²) in [6, 6.07) is 6.21. The van der Waals surface area contributed by atoms with Crippen LogP contribution in [0.15, 0.2) is 29.1 Å². The number of halogens is 1. The van der Waals surface area contributed by atoms with E-state index < -0.39 is 0 Å². The first-order chi connectivity index (χ1) is 7.24. The fourth-order valence-electron chi connectivity index (χ4n) is 1.47. The SMILES string of the molecule is NCc1c(-c2ccccc2F)[nH][nH]c1=O. The molecule has 0 aliphatic carbocycles. The normalized spacial score (nSPS) is 10.5. The summed E-state index contributed by atoms with van der Waals surface area (Å²) < 4.78 is 13.4. The summed E-state index contributed by atoms with van der Waals surface area (Å²) in [7, 11) is 0. The Kier molecular flexibility index (Phi) is 2.39.